The van der Waals surface area contributed by atoms with Crippen molar-refractivity contribution in [3.05, 3.63) is 29.8 Å². The third-order valence-electron chi connectivity index (χ3n) is 3.03. The molecule has 1 aliphatic rings. The van der Waals surface area contributed by atoms with Gasteiger partial charge in [-0.3, -0.25) is 0 Å². The van der Waals surface area contributed by atoms with Crippen LogP contribution in [0.5, 0.6) is 0 Å². The number of carbonyl (C=O) groups is 1. The fraction of sp³-hybridized carbons (Fsp3) is 0.417. The molecule has 18 heavy (non-hydrogen) atoms. The lowest BCUT2D eigenvalue weighted by molar-refractivity contribution is 0.0692. The van der Waals surface area contributed by atoms with Crippen molar-refractivity contribution in [2.45, 2.75) is 23.0 Å². The molecule has 1 aromatic carbocycles. The highest BCUT2D eigenvalue weighted by Gasteiger charge is 2.32. The van der Waals surface area contributed by atoms with E-state index in [1.807, 2.05) is 0 Å². The van der Waals surface area contributed by atoms with Gasteiger partial charge < -0.3 is 9.84 Å². The van der Waals surface area contributed by atoms with Crippen LogP contribution in [0.3, 0.4) is 0 Å². The van der Waals surface area contributed by atoms with Gasteiger partial charge >= 0.3 is 5.97 Å². The van der Waals surface area contributed by atoms with E-state index in [-0.39, 0.29) is 10.5 Å². The minimum absolute atomic E-state index is 0.0931. The van der Waals surface area contributed by atoms with Crippen molar-refractivity contribution < 1.29 is 23.1 Å². The summed E-state index contributed by atoms with van der Waals surface area (Å²) in [5.74, 6) is -1.22. The van der Waals surface area contributed by atoms with Crippen molar-refractivity contribution in [3.8, 4) is 0 Å². The van der Waals surface area contributed by atoms with Crippen LogP contribution in [0, 0.1) is 0 Å². The molecular weight excluding hydrogens is 256 g/mol. The molecule has 1 aliphatic heterocycles. The standard InChI is InChI=1S/C12H14O5S/c13-12(14)10-3-1-2-4-11(10)18(15,16)9-5-7-17-8-6-9/h1-4,9H,5-8H2,(H,13,14). The molecule has 0 aliphatic carbocycles. The molecule has 1 heterocycles. The smallest absolute Gasteiger partial charge is 0.337 e. The molecule has 1 fully saturated rings. The summed E-state index contributed by atoms with van der Waals surface area (Å²) in [5.41, 5.74) is -0.163. The zero-order valence-corrected chi connectivity index (χ0v) is 10.5. The van der Waals surface area contributed by atoms with Crippen molar-refractivity contribution >= 4 is 15.8 Å². The zero-order valence-electron chi connectivity index (χ0n) is 9.70. The third-order valence-corrected chi connectivity index (χ3v) is 5.35. The zero-order chi connectivity index (χ0) is 13.2. The fourth-order valence-electron chi connectivity index (χ4n) is 2.06. The summed E-state index contributed by atoms with van der Waals surface area (Å²) in [7, 11) is -3.60. The minimum Gasteiger partial charge on any atom is -0.478 e. The molecule has 2 rings (SSSR count). The number of benzene rings is 1. The second kappa shape index (κ2) is 5.07. The molecule has 0 unspecified atom stereocenters. The summed E-state index contributed by atoms with van der Waals surface area (Å²) >= 11 is 0. The molecule has 0 atom stereocenters. The topological polar surface area (TPSA) is 80.7 Å². The van der Waals surface area contributed by atoms with Gasteiger partial charge in [0.25, 0.3) is 0 Å². The van der Waals surface area contributed by atoms with E-state index >= 15 is 0 Å². The first-order valence-corrected chi connectivity index (χ1v) is 7.22. The Morgan fingerprint density at radius 1 is 1.22 bits per heavy atom. The Hall–Kier alpha value is -1.40. The van der Waals surface area contributed by atoms with E-state index in [2.05, 4.69) is 0 Å². The van der Waals surface area contributed by atoms with Gasteiger partial charge in [-0.05, 0) is 25.0 Å². The Balaban J connectivity index is 2.43. The maximum absolute atomic E-state index is 12.4. The van der Waals surface area contributed by atoms with Gasteiger partial charge in [-0.15, -0.1) is 0 Å². The number of carboxylic acid groups (broad SMARTS) is 1. The fourth-order valence-corrected chi connectivity index (χ4v) is 3.96. The lowest BCUT2D eigenvalue weighted by atomic mass is 10.2. The molecular formula is C12H14O5S. The lowest BCUT2D eigenvalue weighted by Gasteiger charge is -2.22. The van der Waals surface area contributed by atoms with Gasteiger partial charge in [-0.2, -0.15) is 0 Å². The Morgan fingerprint density at radius 3 is 2.44 bits per heavy atom. The molecule has 1 saturated heterocycles. The van der Waals surface area contributed by atoms with E-state index in [1.54, 1.807) is 6.07 Å². The maximum atomic E-state index is 12.4. The van der Waals surface area contributed by atoms with Gasteiger partial charge in [-0.25, -0.2) is 13.2 Å². The van der Waals surface area contributed by atoms with E-state index < -0.39 is 21.1 Å². The molecule has 98 valence electrons. The van der Waals surface area contributed by atoms with Crippen LogP contribution in [0.15, 0.2) is 29.2 Å². The van der Waals surface area contributed by atoms with Crippen LogP contribution in [0.2, 0.25) is 0 Å². The first kappa shape index (κ1) is 13.0. The van der Waals surface area contributed by atoms with Crippen LogP contribution in [0.25, 0.3) is 0 Å². The largest absolute Gasteiger partial charge is 0.478 e. The first-order chi connectivity index (χ1) is 8.53. The first-order valence-electron chi connectivity index (χ1n) is 5.67. The normalized spacial score (nSPS) is 17.6. The molecule has 0 amide bonds. The summed E-state index contributed by atoms with van der Waals surface area (Å²) in [6, 6.07) is 5.73. The van der Waals surface area contributed by atoms with Crippen molar-refractivity contribution in [1.29, 1.82) is 0 Å². The molecule has 0 bridgehead atoms. The van der Waals surface area contributed by atoms with Gasteiger partial charge in [-0.1, -0.05) is 12.1 Å². The highest BCUT2D eigenvalue weighted by Crippen LogP contribution is 2.26. The second-order valence-corrected chi connectivity index (χ2v) is 6.35. The van der Waals surface area contributed by atoms with Gasteiger partial charge in [0.15, 0.2) is 9.84 Å². The van der Waals surface area contributed by atoms with Crippen molar-refractivity contribution in [3.63, 3.8) is 0 Å². The summed E-state index contributed by atoms with van der Waals surface area (Å²) in [6.45, 7) is 0.804. The molecule has 1 aromatic rings. The highest BCUT2D eigenvalue weighted by atomic mass is 32.2. The van der Waals surface area contributed by atoms with Crippen molar-refractivity contribution in [1.82, 2.24) is 0 Å². The summed E-state index contributed by atoms with van der Waals surface area (Å²) in [5, 5.41) is 8.49. The number of ether oxygens (including phenoxy) is 1. The average molecular weight is 270 g/mol. The monoisotopic (exact) mass is 270 g/mol. The predicted molar refractivity (Wildman–Crippen MR) is 64.4 cm³/mol. The number of aromatic carboxylic acids is 1. The summed E-state index contributed by atoms with van der Waals surface area (Å²) in [4.78, 5) is 11.0. The van der Waals surface area contributed by atoms with Crippen LogP contribution in [-0.2, 0) is 14.6 Å². The molecule has 0 radical (unpaired) electrons. The second-order valence-electron chi connectivity index (χ2n) is 4.16. The Kier molecular flexibility index (Phi) is 3.68. The maximum Gasteiger partial charge on any atom is 0.337 e. The van der Waals surface area contributed by atoms with Gasteiger partial charge in [0.2, 0.25) is 0 Å². The third kappa shape index (κ3) is 2.39. The molecule has 0 aromatic heterocycles. The summed E-state index contributed by atoms with van der Waals surface area (Å²) in [6.07, 6.45) is 0.826. The number of rotatable bonds is 3. The van der Waals surface area contributed by atoms with Crippen LogP contribution < -0.4 is 0 Å². The van der Waals surface area contributed by atoms with Crippen LogP contribution in [0.4, 0.5) is 0 Å². The van der Waals surface area contributed by atoms with Crippen LogP contribution in [0.1, 0.15) is 23.2 Å². The Morgan fingerprint density at radius 2 is 1.83 bits per heavy atom. The van der Waals surface area contributed by atoms with E-state index in [0.717, 1.165) is 0 Å². The minimum atomic E-state index is -3.60. The van der Waals surface area contributed by atoms with Gasteiger partial charge in [0.1, 0.15) is 0 Å². The van der Waals surface area contributed by atoms with E-state index in [4.69, 9.17) is 9.84 Å². The molecule has 6 heteroatoms. The van der Waals surface area contributed by atoms with Crippen LogP contribution >= 0.6 is 0 Å². The quantitative estimate of drug-likeness (QED) is 0.896. The predicted octanol–water partition coefficient (Wildman–Crippen LogP) is 1.34. The van der Waals surface area contributed by atoms with E-state index in [0.29, 0.717) is 26.1 Å². The number of sulfone groups is 1. The number of hydrogen-bond acceptors (Lipinski definition) is 4. The van der Waals surface area contributed by atoms with Crippen molar-refractivity contribution in [2.24, 2.45) is 0 Å². The SMILES string of the molecule is O=C(O)c1ccccc1S(=O)(=O)C1CCOCC1. The highest BCUT2D eigenvalue weighted by molar-refractivity contribution is 7.92. The molecule has 1 N–H and O–H groups in total. The Bertz CT molecular complexity index is 543. The molecule has 5 nitrogen and oxygen atoms in total. The Labute approximate surface area is 105 Å². The molecule has 0 saturated carbocycles. The van der Waals surface area contributed by atoms with Crippen molar-refractivity contribution in [2.75, 3.05) is 13.2 Å². The lowest BCUT2D eigenvalue weighted by Crippen LogP contribution is -2.30. The number of hydrogen-bond donors (Lipinski definition) is 1. The number of carboxylic acids is 1. The van der Waals surface area contributed by atoms with Crippen LogP contribution in [-0.4, -0.2) is 38.0 Å². The average Bonchev–Trinajstić information content (AvgIpc) is 2.39. The van der Waals surface area contributed by atoms with Gasteiger partial charge in [0.05, 0.1) is 15.7 Å². The molecule has 0 spiro atoms. The summed E-state index contributed by atoms with van der Waals surface area (Å²) < 4.78 is 29.9. The van der Waals surface area contributed by atoms with E-state index in [9.17, 15) is 13.2 Å². The van der Waals surface area contributed by atoms with E-state index in [1.165, 1.54) is 18.2 Å². The van der Waals surface area contributed by atoms with Gasteiger partial charge in [0, 0.05) is 13.2 Å².